The van der Waals surface area contributed by atoms with Crippen LogP contribution >= 0.6 is 0 Å². The molecule has 55 heavy (non-hydrogen) atoms. The van der Waals surface area contributed by atoms with Crippen molar-refractivity contribution in [2.24, 2.45) is 0 Å². The molecule has 0 aliphatic heterocycles. The van der Waals surface area contributed by atoms with Gasteiger partial charge in [-0.3, -0.25) is 9.59 Å². The van der Waals surface area contributed by atoms with Crippen molar-refractivity contribution in [3.05, 3.63) is 12.2 Å². The number of hydrogen-bond donors (Lipinski definition) is 0. The van der Waals surface area contributed by atoms with Gasteiger partial charge >= 0.3 is 11.9 Å². The van der Waals surface area contributed by atoms with Gasteiger partial charge in [0.25, 0.3) is 0 Å². The first-order chi connectivity index (χ1) is 26.6. The predicted molar refractivity (Wildman–Crippen MR) is 227 cm³/mol. The van der Waals surface area contributed by atoms with Crippen molar-refractivity contribution in [1.82, 2.24) is 0 Å². The molecule has 0 aromatic rings. The zero-order valence-electron chi connectivity index (χ0n) is 36.9. The third kappa shape index (κ3) is 37.4. The number of allylic oxidation sites excluding steroid dienone is 2. The molecule has 0 aliphatic carbocycles. The van der Waals surface area contributed by atoms with E-state index in [0.717, 1.165) is 32.1 Å². The Morgan fingerprint density at radius 1 is 0.527 bits per heavy atom. The number of likely N-dealkylation sites (N-methyl/N-ethyl adjacent to an activating group) is 1. The summed E-state index contributed by atoms with van der Waals surface area (Å²) in [5.74, 6) is -1.77. The van der Waals surface area contributed by atoms with Crippen molar-refractivity contribution in [1.29, 1.82) is 0 Å². The second-order valence-corrected chi connectivity index (χ2v) is 17.0. The molecule has 324 valence electrons. The molecule has 8 nitrogen and oxygen atoms in total. The van der Waals surface area contributed by atoms with Gasteiger partial charge in [-0.05, 0) is 32.1 Å². The highest BCUT2D eigenvalue weighted by Gasteiger charge is 2.25. The Bertz CT molecular complexity index is 915. The van der Waals surface area contributed by atoms with Gasteiger partial charge in [0, 0.05) is 19.3 Å². The molecule has 0 aromatic carbocycles. The lowest BCUT2D eigenvalue weighted by Crippen LogP contribution is -2.55. The van der Waals surface area contributed by atoms with Crippen LogP contribution in [0.25, 0.3) is 0 Å². The number of hydrogen-bond acceptors (Lipinski definition) is 7. The Balaban J connectivity index is 4.12. The Kier molecular flexibility index (Phi) is 37.6. The van der Waals surface area contributed by atoms with Gasteiger partial charge in [0.05, 0.1) is 40.3 Å². The number of esters is 2. The second kappa shape index (κ2) is 38.9. The maximum absolute atomic E-state index is 12.6. The van der Waals surface area contributed by atoms with Gasteiger partial charge in [-0.15, -0.1) is 0 Å². The van der Waals surface area contributed by atoms with E-state index >= 15 is 0 Å². The van der Waals surface area contributed by atoms with Gasteiger partial charge in [-0.25, -0.2) is 0 Å². The average Bonchev–Trinajstić information content (AvgIpc) is 3.14. The standard InChI is InChI=1S/C47H89NO7/c1-6-8-10-12-14-16-17-18-19-20-21-22-23-24-25-26-27-28-30-31-33-35-37-45(49)54-42-43(41-53-40-39-44(47(51)52)48(3,4)5)55-46(50)38-36-34-32-29-15-13-11-9-7-2/h29,32,43-44H,6-28,30-31,33-42H2,1-5H3/b32-29+. The lowest BCUT2D eigenvalue weighted by molar-refractivity contribution is -0.889. The van der Waals surface area contributed by atoms with E-state index in [1.807, 2.05) is 0 Å². The first kappa shape index (κ1) is 53.1. The summed E-state index contributed by atoms with van der Waals surface area (Å²) in [6.45, 7) is 4.62. The van der Waals surface area contributed by atoms with Crippen molar-refractivity contribution in [2.75, 3.05) is 41.0 Å². The SMILES string of the molecule is CCCCCC/C=C/CCCC(=O)OC(COCCC(C(=O)[O-])[N+](C)(C)C)COC(=O)CCCCCCCCCCCCCCCCCCCCCCCC. The number of carbonyl (C=O) groups excluding carboxylic acids is 3. The third-order valence-corrected chi connectivity index (χ3v) is 10.7. The molecule has 0 amide bonds. The van der Waals surface area contributed by atoms with Crippen LogP contribution in [0.1, 0.15) is 219 Å². The van der Waals surface area contributed by atoms with E-state index in [2.05, 4.69) is 26.0 Å². The summed E-state index contributed by atoms with van der Waals surface area (Å²) in [7, 11) is 5.40. The fourth-order valence-electron chi connectivity index (χ4n) is 7.02. The van der Waals surface area contributed by atoms with Crippen molar-refractivity contribution in [3.63, 3.8) is 0 Å². The van der Waals surface area contributed by atoms with Crippen LogP contribution in [0.3, 0.4) is 0 Å². The molecule has 0 saturated heterocycles. The first-order valence-electron chi connectivity index (χ1n) is 23.2. The van der Waals surface area contributed by atoms with Crippen LogP contribution in [0, 0.1) is 0 Å². The monoisotopic (exact) mass is 780 g/mol. The summed E-state index contributed by atoms with van der Waals surface area (Å²) in [6, 6.07) is -0.725. The number of carboxylic acids is 1. The minimum Gasteiger partial charge on any atom is -0.544 e. The summed E-state index contributed by atoms with van der Waals surface area (Å²) in [6.07, 6.45) is 41.2. The van der Waals surface area contributed by atoms with Crippen LogP contribution in [-0.4, -0.2) is 75.5 Å². The minimum absolute atomic E-state index is 0.0347. The fourth-order valence-corrected chi connectivity index (χ4v) is 7.02. The van der Waals surface area contributed by atoms with Gasteiger partial charge < -0.3 is 28.6 Å². The van der Waals surface area contributed by atoms with Crippen molar-refractivity contribution >= 4 is 17.9 Å². The first-order valence-corrected chi connectivity index (χ1v) is 23.2. The molecule has 0 rings (SSSR count). The summed E-state index contributed by atoms with van der Waals surface area (Å²) < 4.78 is 17.1. The van der Waals surface area contributed by atoms with E-state index in [1.54, 1.807) is 21.1 Å². The summed E-state index contributed by atoms with van der Waals surface area (Å²) in [5, 5.41) is 11.6. The smallest absolute Gasteiger partial charge is 0.306 e. The van der Waals surface area contributed by atoms with Crippen LogP contribution < -0.4 is 5.11 Å². The molecule has 2 atom stereocenters. The van der Waals surface area contributed by atoms with Crippen LogP contribution in [0.2, 0.25) is 0 Å². The number of aliphatic carboxylic acids is 1. The van der Waals surface area contributed by atoms with Crippen LogP contribution in [0.15, 0.2) is 12.2 Å². The number of carboxylic acid groups (broad SMARTS) is 1. The highest BCUT2D eigenvalue weighted by Crippen LogP contribution is 2.16. The van der Waals surface area contributed by atoms with Crippen LogP contribution in [-0.2, 0) is 28.6 Å². The molecule has 0 heterocycles. The minimum atomic E-state index is -1.13. The second-order valence-electron chi connectivity index (χ2n) is 17.0. The highest BCUT2D eigenvalue weighted by molar-refractivity contribution is 5.70. The Morgan fingerprint density at radius 3 is 1.36 bits per heavy atom. The molecule has 0 fully saturated rings. The highest BCUT2D eigenvalue weighted by atomic mass is 16.6. The molecule has 8 heteroatoms. The maximum atomic E-state index is 12.6. The van der Waals surface area contributed by atoms with Gasteiger partial charge in [-0.1, -0.05) is 180 Å². The van der Waals surface area contributed by atoms with Crippen molar-refractivity contribution < 1.29 is 38.2 Å². The average molecular weight is 780 g/mol. The molecular weight excluding hydrogens is 691 g/mol. The number of rotatable bonds is 42. The molecule has 0 N–H and O–H groups in total. The van der Waals surface area contributed by atoms with E-state index < -0.39 is 18.1 Å². The fraction of sp³-hybridized carbons (Fsp3) is 0.894. The largest absolute Gasteiger partial charge is 0.544 e. The number of nitrogens with zero attached hydrogens (tertiary/aromatic N) is 1. The third-order valence-electron chi connectivity index (χ3n) is 10.7. The van der Waals surface area contributed by atoms with E-state index in [1.165, 1.54) is 148 Å². The maximum Gasteiger partial charge on any atom is 0.306 e. The summed E-state index contributed by atoms with van der Waals surface area (Å²) in [4.78, 5) is 36.7. The Morgan fingerprint density at radius 2 is 0.927 bits per heavy atom. The molecule has 2 unspecified atom stereocenters. The lowest BCUT2D eigenvalue weighted by atomic mass is 10.0. The topological polar surface area (TPSA) is 102 Å². The summed E-state index contributed by atoms with van der Waals surface area (Å²) >= 11 is 0. The normalized spacial score (nSPS) is 13.0. The van der Waals surface area contributed by atoms with Gasteiger partial charge in [0.15, 0.2) is 6.10 Å². The van der Waals surface area contributed by atoms with E-state index in [-0.39, 0.29) is 49.1 Å². The van der Waals surface area contributed by atoms with Gasteiger partial charge in [0.2, 0.25) is 0 Å². The number of ether oxygens (including phenoxy) is 3. The molecule has 0 saturated carbocycles. The zero-order chi connectivity index (χ0) is 40.7. The molecule has 0 aliphatic rings. The number of unbranched alkanes of at least 4 members (excludes halogenated alkanes) is 26. The quantitative estimate of drug-likeness (QED) is 0.0263. The molecule has 0 aromatic heterocycles. The van der Waals surface area contributed by atoms with E-state index in [0.29, 0.717) is 12.8 Å². The van der Waals surface area contributed by atoms with Crippen LogP contribution in [0.4, 0.5) is 0 Å². The van der Waals surface area contributed by atoms with Crippen molar-refractivity contribution in [3.8, 4) is 0 Å². The zero-order valence-corrected chi connectivity index (χ0v) is 36.9. The molecule has 0 spiro atoms. The molecule has 0 bridgehead atoms. The number of carbonyl (C=O) groups is 3. The summed E-state index contributed by atoms with van der Waals surface area (Å²) in [5.41, 5.74) is 0. The van der Waals surface area contributed by atoms with Gasteiger partial charge in [-0.2, -0.15) is 0 Å². The molecule has 0 radical (unpaired) electrons. The van der Waals surface area contributed by atoms with Crippen molar-refractivity contribution in [2.45, 2.75) is 231 Å². The molecular formula is C47H89NO7. The Hall–Kier alpha value is -1.93. The van der Waals surface area contributed by atoms with Crippen LogP contribution in [0.5, 0.6) is 0 Å². The Labute approximate surface area is 339 Å². The van der Waals surface area contributed by atoms with E-state index in [4.69, 9.17) is 14.2 Å². The lowest BCUT2D eigenvalue weighted by Gasteiger charge is -2.34. The number of quaternary nitrogens is 1. The van der Waals surface area contributed by atoms with Gasteiger partial charge in [0.1, 0.15) is 12.6 Å². The predicted octanol–water partition coefficient (Wildman–Crippen LogP) is 11.4. The van der Waals surface area contributed by atoms with E-state index in [9.17, 15) is 19.5 Å².